The molecule has 3 rings (SSSR count). The predicted molar refractivity (Wildman–Crippen MR) is 91.2 cm³/mol. The molecule has 23 heavy (non-hydrogen) atoms. The van der Waals surface area contributed by atoms with Gasteiger partial charge in [0.15, 0.2) is 11.6 Å². The van der Waals surface area contributed by atoms with Crippen LogP contribution in [0.25, 0.3) is 0 Å². The maximum Gasteiger partial charge on any atom is 0.168 e. The van der Waals surface area contributed by atoms with Crippen LogP contribution in [0.1, 0.15) is 12.8 Å². The lowest BCUT2D eigenvalue weighted by Crippen LogP contribution is -2.35. The van der Waals surface area contributed by atoms with Crippen molar-refractivity contribution in [2.24, 2.45) is 0 Å². The van der Waals surface area contributed by atoms with Gasteiger partial charge in [-0.1, -0.05) is 0 Å². The molecule has 0 bridgehead atoms. The number of nitrogens with one attached hydrogen (secondary N) is 2. The lowest BCUT2D eigenvalue weighted by atomic mass is 10.2. The standard InChI is InChI=1S/C16H22N6O/c1-17-14-9-15(21-11-20-14)22-8-4-5-12(22)10-19-16-13(23-2)6-3-7-18-16/h3,6-7,9,11-12H,4-5,8,10H2,1-2H3,(H,18,19)(H,17,20,21). The third kappa shape index (κ3) is 3.44. The molecule has 0 radical (unpaired) electrons. The molecule has 0 saturated carbocycles. The van der Waals surface area contributed by atoms with Crippen LogP contribution in [0.15, 0.2) is 30.7 Å². The topological polar surface area (TPSA) is 75.2 Å². The molecule has 2 aromatic rings. The molecule has 1 aliphatic heterocycles. The van der Waals surface area contributed by atoms with Crippen molar-refractivity contribution in [3.63, 3.8) is 0 Å². The number of hydrogen-bond donors (Lipinski definition) is 2. The maximum atomic E-state index is 5.33. The minimum absolute atomic E-state index is 0.376. The molecule has 1 fully saturated rings. The zero-order chi connectivity index (χ0) is 16.1. The second-order valence-corrected chi connectivity index (χ2v) is 5.44. The first-order chi connectivity index (χ1) is 11.3. The highest BCUT2D eigenvalue weighted by atomic mass is 16.5. The average Bonchev–Trinajstić information content (AvgIpc) is 3.08. The fraction of sp³-hybridized carbons (Fsp3) is 0.438. The summed E-state index contributed by atoms with van der Waals surface area (Å²) in [5, 5.41) is 6.46. The van der Waals surface area contributed by atoms with Gasteiger partial charge in [-0.3, -0.25) is 0 Å². The van der Waals surface area contributed by atoms with Gasteiger partial charge in [-0.2, -0.15) is 0 Å². The highest BCUT2D eigenvalue weighted by Crippen LogP contribution is 2.26. The fourth-order valence-corrected chi connectivity index (χ4v) is 2.89. The number of nitrogens with zero attached hydrogens (tertiary/aromatic N) is 4. The summed E-state index contributed by atoms with van der Waals surface area (Å²) in [5.74, 6) is 3.33. The van der Waals surface area contributed by atoms with E-state index in [9.17, 15) is 0 Å². The zero-order valence-electron chi connectivity index (χ0n) is 13.5. The third-order valence-electron chi connectivity index (χ3n) is 4.08. The summed E-state index contributed by atoms with van der Waals surface area (Å²) < 4.78 is 5.33. The molecule has 1 aliphatic rings. The Morgan fingerprint density at radius 1 is 1.35 bits per heavy atom. The summed E-state index contributed by atoms with van der Waals surface area (Å²) in [7, 11) is 3.52. The van der Waals surface area contributed by atoms with E-state index in [0.717, 1.165) is 49.1 Å². The van der Waals surface area contributed by atoms with Gasteiger partial charge < -0.3 is 20.3 Å². The Balaban J connectivity index is 1.69. The predicted octanol–water partition coefficient (Wildman–Crippen LogP) is 2.00. The van der Waals surface area contributed by atoms with Gasteiger partial charge in [-0.05, 0) is 25.0 Å². The first kappa shape index (κ1) is 15.3. The highest BCUT2D eigenvalue weighted by molar-refractivity contribution is 5.52. The van der Waals surface area contributed by atoms with Gasteiger partial charge in [-0.25, -0.2) is 15.0 Å². The highest BCUT2D eigenvalue weighted by Gasteiger charge is 2.26. The normalized spacial score (nSPS) is 17.1. The molecule has 0 aliphatic carbocycles. The number of hydrogen-bond acceptors (Lipinski definition) is 7. The Morgan fingerprint density at radius 3 is 3.09 bits per heavy atom. The van der Waals surface area contributed by atoms with Crippen LogP contribution in [0.4, 0.5) is 17.5 Å². The van der Waals surface area contributed by atoms with Crippen molar-refractivity contribution in [2.75, 3.05) is 42.8 Å². The summed E-state index contributed by atoms with van der Waals surface area (Å²) in [6.07, 6.45) is 5.65. The Bertz CT molecular complexity index is 650. The minimum Gasteiger partial charge on any atom is -0.493 e. The maximum absolute atomic E-state index is 5.33. The Kier molecular flexibility index (Phi) is 4.75. The van der Waals surface area contributed by atoms with Crippen LogP contribution in [0.5, 0.6) is 5.75 Å². The molecule has 2 aromatic heterocycles. The van der Waals surface area contributed by atoms with E-state index in [2.05, 4.69) is 30.5 Å². The van der Waals surface area contributed by atoms with E-state index in [-0.39, 0.29) is 0 Å². The molecule has 1 saturated heterocycles. The molecule has 2 N–H and O–H groups in total. The smallest absolute Gasteiger partial charge is 0.168 e. The van der Waals surface area contributed by atoms with Crippen LogP contribution >= 0.6 is 0 Å². The first-order valence-electron chi connectivity index (χ1n) is 7.81. The van der Waals surface area contributed by atoms with E-state index in [1.165, 1.54) is 0 Å². The number of rotatable bonds is 6. The number of pyridine rings is 1. The van der Waals surface area contributed by atoms with E-state index in [1.54, 1.807) is 19.6 Å². The first-order valence-corrected chi connectivity index (χ1v) is 7.81. The van der Waals surface area contributed by atoms with Crippen LogP contribution < -0.4 is 20.3 Å². The summed E-state index contributed by atoms with van der Waals surface area (Å²) in [4.78, 5) is 15.3. The van der Waals surface area contributed by atoms with E-state index in [4.69, 9.17) is 4.74 Å². The molecule has 1 atom stereocenters. The lowest BCUT2D eigenvalue weighted by molar-refractivity contribution is 0.414. The van der Waals surface area contributed by atoms with Crippen LogP contribution in [-0.4, -0.2) is 48.2 Å². The summed E-state index contributed by atoms with van der Waals surface area (Å²) in [6, 6.07) is 6.14. The molecule has 3 heterocycles. The van der Waals surface area contributed by atoms with Crippen LogP contribution in [0.3, 0.4) is 0 Å². The molecule has 0 spiro atoms. The summed E-state index contributed by atoms with van der Waals surface area (Å²) in [5.41, 5.74) is 0. The molecule has 0 amide bonds. The van der Waals surface area contributed by atoms with Gasteiger partial charge in [0, 0.05) is 38.4 Å². The van der Waals surface area contributed by atoms with Gasteiger partial charge >= 0.3 is 0 Å². The van der Waals surface area contributed by atoms with Crippen molar-refractivity contribution in [3.8, 4) is 5.75 Å². The fourth-order valence-electron chi connectivity index (χ4n) is 2.89. The average molecular weight is 314 g/mol. The van der Waals surface area contributed by atoms with Crippen molar-refractivity contribution >= 4 is 17.5 Å². The van der Waals surface area contributed by atoms with Gasteiger partial charge in [-0.15, -0.1) is 0 Å². The van der Waals surface area contributed by atoms with Gasteiger partial charge in [0.2, 0.25) is 0 Å². The van der Waals surface area contributed by atoms with E-state index < -0.39 is 0 Å². The third-order valence-corrected chi connectivity index (χ3v) is 4.08. The molecule has 7 nitrogen and oxygen atoms in total. The lowest BCUT2D eigenvalue weighted by Gasteiger charge is -2.26. The van der Waals surface area contributed by atoms with Crippen LogP contribution in [-0.2, 0) is 0 Å². The second kappa shape index (κ2) is 7.13. The van der Waals surface area contributed by atoms with Gasteiger partial charge in [0.05, 0.1) is 7.11 Å². The molecule has 0 aromatic carbocycles. The molecule has 1 unspecified atom stereocenters. The molecular weight excluding hydrogens is 292 g/mol. The van der Waals surface area contributed by atoms with E-state index >= 15 is 0 Å². The quantitative estimate of drug-likeness (QED) is 0.844. The Hall–Kier alpha value is -2.57. The van der Waals surface area contributed by atoms with Gasteiger partial charge in [0.25, 0.3) is 0 Å². The zero-order valence-corrected chi connectivity index (χ0v) is 13.5. The Morgan fingerprint density at radius 2 is 2.26 bits per heavy atom. The Labute approximate surface area is 136 Å². The summed E-state index contributed by atoms with van der Waals surface area (Å²) >= 11 is 0. The van der Waals surface area contributed by atoms with Crippen LogP contribution in [0.2, 0.25) is 0 Å². The van der Waals surface area contributed by atoms with Crippen molar-refractivity contribution in [1.82, 2.24) is 15.0 Å². The SMILES string of the molecule is CNc1cc(N2CCCC2CNc2ncccc2OC)ncn1. The van der Waals surface area contributed by atoms with Crippen molar-refractivity contribution in [2.45, 2.75) is 18.9 Å². The van der Waals surface area contributed by atoms with E-state index in [0.29, 0.717) is 6.04 Å². The number of anilines is 3. The van der Waals surface area contributed by atoms with E-state index in [1.807, 2.05) is 25.2 Å². The summed E-state index contributed by atoms with van der Waals surface area (Å²) in [6.45, 7) is 1.80. The second-order valence-electron chi connectivity index (χ2n) is 5.44. The monoisotopic (exact) mass is 314 g/mol. The number of ether oxygens (including phenoxy) is 1. The largest absolute Gasteiger partial charge is 0.493 e. The molecule has 122 valence electrons. The number of aromatic nitrogens is 3. The van der Waals surface area contributed by atoms with Crippen molar-refractivity contribution in [3.05, 3.63) is 30.7 Å². The number of methoxy groups -OCH3 is 1. The van der Waals surface area contributed by atoms with Crippen LogP contribution in [0, 0.1) is 0 Å². The molecular formula is C16H22N6O. The van der Waals surface area contributed by atoms with Gasteiger partial charge in [0.1, 0.15) is 18.0 Å². The minimum atomic E-state index is 0.376. The van der Waals surface area contributed by atoms with Crippen molar-refractivity contribution in [1.29, 1.82) is 0 Å². The molecule has 7 heteroatoms. The van der Waals surface area contributed by atoms with Crippen molar-refractivity contribution < 1.29 is 4.74 Å².